The molecule has 2 aliphatic rings. The number of nitrogens with two attached hydrogens (primary N) is 1. The number of ether oxygens (including phenoxy) is 2. The summed E-state index contributed by atoms with van der Waals surface area (Å²) in [6, 6.07) is 3.80. The Bertz CT molecular complexity index is 509. The third kappa shape index (κ3) is 3.07. The summed E-state index contributed by atoms with van der Waals surface area (Å²) in [6.45, 7) is 0. The number of fused-ring (bicyclic) bond motifs is 1. The van der Waals surface area contributed by atoms with Gasteiger partial charge in [-0.3, -0.25) is 0 Å². The molecule has 7 heteroatoms. The Hall–Kier alpha value is -1.11. The average molecular weight is 322 g/mol. The van der Waals surface area contributed by atoms with Crippen LogP contribution in [0.5, 0.6) is 11.5 Å². The molecule has 2 atom stereocenters. The van der Waals surface area contributed by atoms with E-state index in [0.29, 0.717) is 5.56 Å². The Kier molecular flexibility index (Phi) is 4.60. The molecule has 3 N–H and O–H groups in total. The largest absolute Gasteiger partial charge is 0.586 e. The molecule has 0 radical (unpaired) electrons. The van der Waals surface area contributed by atoms with E-state index in [0.717, 1.165) is 25.7 Å². The van der Waals surface area contributed by atoms with Crippen molar-refractivity contribution in [3.05, 3.63) is 23.8 Å². The van der Waals surface area contributed by atoms with E-state index in [1.807, 2.05) is 0 Å². The van der Waals surface area contributed by atoms with Crippen LogP contribution >= 0.6 is 12.4 Å². The molecule has 1 aromatic rings. The average Bonchev–Trinajstić information content (AvgIpc) is 3.01. The molecule has 0 spiro atoms. The van der Waals surface area contributed by atoms with Crippen LogP contribution in [0.3, 0.4) is 0 Å². The maximum atomic E-state index is 13.1. The van der Waals surface area contributed by atoms with Gasteiger partial charge in [0.25, 0.3) is 0 Å². The van der Waals surface area contributed by atoms with E-state index >= 15 is 0 Å². The van der Waals surface area contributed by atoms with Gasteiger partial charge in [0.1, 0.15) is 0 Å². The van der Waals surface area contributed by atoms with Crippen molar-refractivity contribution in [2.75, 3.05) is 0 Å². The third-order valence-electron chi connectivity index (χ3n) is 4.07. The minimum absolute atomic E-state index is 0. The molecule has 1 saturated carbocycles. The fraction of sp³-hybridized carbons (Fsp3) is 0.571. The molecule has 1 heterocycles. The van der Waals surface area contributed by atoms with Crippen molar-refractivity contribution in [1.82, 2.24) is 0 Å². The second-order valence-corrected chi connectivity index (χ2v) is 5.40. The number of halogens is 3. The first-order valence-electron chi connectivity index (χ1n) is 6.80. The topological polar surface area (TPSA) is 64.7 Å². The molecule has 1 aliphatic carbocycles. The minimum atomic E-state index is -3.67. The van der Waals surface area contributed by atoms with Crippen molar-refractivity contribution in [2.45, 2.75) is 44.1 Å². The van der Waals surface area contributed by atoms with E-state index in [1.165, 1.54) is 6.07 Å². The van der Waals surface area contributed by atoms with E-state index < -0.39 is 18.4 Å². The van der Waals surface area contributed by atoms with Crippen LogP contribution in [0.2, 0.25) is 0 Å². The van der Waals surface area contributed by atoms with Gasteiger partial charge >= 0.3 is 6.29 Å². The molecule has 0 aromatic heterocycles. The number of hydrogen-bond donors (Lipinski definition) is 2. The smallest absolute Gasteiger partial charge is 0.395 e. The Morgan fingerprint density at radius 3 is 2.57 bits per heavy atom. The van der Waals surface area contributed by atoms with Gasteiger partial charge in [0, 0.05) is 5.56 Å². The lowest BCUT2D eigenvalue weighted by atomic mass is 9.90. The summed E-state index contributed by atoms with van der Waals surface area (Å²) < 4.78 is 35.2. The van der Waals surface area contributed by atoms with Gasteiger partial charge in [-0.15, -0.1) is 21.2 Å². The highest BCUT2D eigenvalue weighted by Gasteiger charge is 2.45. The second-order valence-electron chi connectivity index (χ2n) is 5.40. The highest BCUT2D eigenvalue weighted by Crippen LogP contribution is 2.46. The van der Waals surface area contributed by atoms with Crippen molar-refractivity contribution in [3.63, 3.8) is 0 Å². The summed E-state index contributed by atoms with van der Waals surface area (Å²) in [7, 11) is 0. The van der Waals surface area contributed by atoms with Crippen LogP contribution in [-0.2, 0) is 0 Å². The van der Waals surface area contributed by atoms with Crippen molar-refractivity contribution in [3.8, 4) is 11.5 Å². The van der Waals surface area contributed by atoms with Crippen molar-refractivity contribution < 1.29 is 23.4 Å². The monoisotopic (exact) mass is 321 g/mol. The molecule has 4 nitrogen and oxygen atoms in total. The number of rotatable bonds is 3. The Morgan fingerprint density at radius 1 is 1.24 bits per heavy atom. The molecule has 3 rings (SSSR count). The Labute approximate surface area is 127 Å². The highest BCUT2D eigenvalue weighted by molar-refractivity contribution is 5.85. The molecule has 1 aromatic carbocycles. The Morgan fingerprint density at radius 2 is 1.90 bits per heavy atom. The van der Waals surface area contributed by atoms with E-state index in [2.05, 4.69) is 9.47 Å². The SMILES string of the molecule is Cl.N[C@H](c1cccc2c1OC(F)(F)O2)[C@@H](O)C1CCCC1. The summed E-state index contributed by atoms with van der Waals surface area (Å²) in [5, 5.41) is 10.3. The normalized spacial score (nSPS) is 22.7. The maximum Gasteiger partial charge on any atom is 0.586 e. The zero-order valence-electron chi connectivity index (χ0n) is 11.3. The lowest BCUT2D eigenvalue weighted by Crippen LogP contribution is -2.32. The zero-order chi connectivity index (χ0) is 14.3. The molecule has 0 amide bonds. The predicted molar refractivity (Wildman–Crippen MR) is 74.8 cm³/mol. The predicted octanol–water partition coefficient (Wildman–Crippen LogP) is 2.98. The van der Waals surface area contributed by atoms with Crippen molar-refractivity contribution >= 4 is 12.4 Å². The van der Waals surface area contributed by atoms with E-state index in [-0.39, 0.29) is 29.8 Å². The molecule has 118 valence electrons. The van der Waals surface area contributed by atoms with Gasteiger partial charge in [-0.1, -0.05) is 25.0 Å². The number of benzene rings is 1. The van der Waals surface area contributed by atoms with Gasteiger partial charge in [0.15, 0.2) is 11.5 Å². The van der Waals surface area contributed by atoms with E-state index in [4.69, 9.17) is 5.73 Å². The Balaban J connectivity index is 0.00000161. The lowest BCUT2D eigenvalue weighted by Gasteiger charge is -2.25. The molecule has 0 saturated heterocycles. The molecular weight excluding hydrogens is 304 g/mol. The molecule has 0 bridgehead atoms. The van der Waals surface area contributed by atoms with Crippen LogP contribution in [0.4, 0.5) is 8.78 Å². The first kappa shape index (κ1) is 16.3. The second kappa shape index (κ2) is 5.94. The first-order valence-corrected chi connectivity index (χ1v) is 6.80. The van der Waals surface area contributed by atoms with Crippen molar-refractivity contribution in [1.29, 1.82) is 0 Å². The van der Waals surface area contributed by atoms with Gasteiger partial charge in [-0.05, 0) is 24.8 Å². The minimum Gasteiger partial charge on any atom is -0.395 e. The fourth-order valence-electron chi connectivity index (χ4n) is 3.03. The van der Waals surface area contributed by atoms with Crippen LogP contribution in [-0.4, -0.2) is 17.5 Å². The standard InChI is InChI=1S/C14H17F2NO3.ClH/c15-14(16)19-10-7-3-6-9(13(10)20-14)11(17)12(18)8-4-1-2-5-8;/h3,6-8,11-12,18H,1-2,4-5,17H2;1H/t11-,12+;/m1./s1. The molecule has 1 aliphatic heterocycles. The highest BCUT2D eigenvalue weighted by atomic mass is 35.5. The van der Waals surface area contributed by atoms with E-state index in [9.17, 15) is 13.9 Å². The zero-order valence-corrected chi connectivity index (χ0v) is 12.1. The molecule has 1 fully saturated rings. The third-order valence-corrected chi connectivity index (χ3v) is 4.07. The first-order chi connectivity index (χ1) is 9.48. The van der Waals surface area contributed by atoms with Crippen molar-refractivity contribution in [2.24, 2.45) is 11.7 Å². The van der Waals surface area contributed by atoms with Crippen LogP contribution in [0.1, 0.15) is 37.3 Å². The van der Waals surface area contributed by atoms with E-state index in [1.54, 1.807) is 12.1 Å². The number of hydrogen-bond acceptors (Lipinski definition) is 4. The van der Waals surface area contributed by atoms with Crippen LogP contribution in [0.25, 0.3) is 0 Å². The van der Waals surface area contributed by atoms with Crippen LogP contribution < -0.4 is 15.2 Å². The molecule has 21 heavy (non-hydrogen) atoms. The summed E-state index contributed by atoms with van der Waals surface area (Å²) in [4.78, 5) is 0. The summed E-state index contributed by atoms with van der Waals surface area (Å²) in [5.41, 5.74) is 6.41. The van der Waals surface area contributed by atoms with Crippen LogP contribution in [0, 0.1) is 5.92 Å². The summed E-state index contributed by atoms with van der Waals surface area (Å²) >= 11 is 0. The number of para-hydroxylation sites is 1. The fourth-order valence-corrected chi connectivity index (χ4v) is 3.03. The summed E-state index contributed by atoms with van der Waals surface area (Å²) in [6.07, 6.45) is -0.467. The quantitative estimate of drug-likeness (QED) is 0.898. The summed E-state index contributed by atoms with van der Waals surface area (Å²) in [5.74, 6) is 0.00677. The molecule has 0 unspecified atom stereocenters. The van der Waals surface area contributed by atoms with Gasteiger partial charge in [0.2, 0.25) is 0 Å². The lowest BCUT2D eigenvalue weighted by molar-refractivity contribution is -0.287. The van der Waals surface area contributed by atoms with Gasteiger partial charge in [-0.25, -0.2) is 0 Å². The molecular formula is C14H18ClF2NO3. The van der Waals surface area contributed by atoms with Gasteiger partial charge < -0.3 is 20.3 Å². The number of alkyl halides is 2. The number of aliphatic hydroxyl groups is 1. The van der Waals surface area contributed by atoms with Crippen LogP contribution in [0.15, 0.2) is 18.2 Å². The van der Waals surface area contributed by atoms with Gasteiger partial charge in [-0.2, -0.15) is 0 Å². The van der Waals surface area contributed by atoms with Gasteiger partial charge in [0.05, 0.1) is 12.1 Å². The maximum absolute atomic E-state index is 13.1. The number of aliphatic hydroxyl groups excluding tert-OH is 1.